The maximum absolute atomic E-state index is 12.0. The largest absolute Gasteiger partial charge is 0.483 e. The summed E-state index contributed by atoms with van der Waals surface area (Å²) in [7, 11) is 0. The zero-order valence-corrected chi connectivity index (χ0v) is 18.2. The minimum atomic E-state index is -0.117. The molecule has 2 aromatic carbocycles. The highest BCUT2D eigenvalue weighted by Gasteiger charge is 2.18. The highest BCUT2D eigenvalue weighted by atomic mass is 35.5. The van der Waals surface area contributed by atoms with Gasteiger partial charge in [0.1, 0.15) is 5.75 Å². The predicted molar refractivity (Wildman–Crippen MR) is 116 cm³/mol. The van der Waals surface area contributed by atoms with Crippen molar-refractivity contribution in [3.63, 3.8) is 0 Å². The lowest BCUT2D eigenvalue weighted by molar-refractivity contribution is -0.122. The van der Waals surface area contributed by atoms with E-state index in [4.69, 9.17) is 27.9 Å². The van der Waals surface area contributed by atoms with Crippen molar-refractivity contribution >= 4 is 40.9 Å². The predicted octanol–water partition coefficient (Wildman–Crippen LogP) is 5.72. The molecule has 0 spiro atoms. The zero-order chi connectivity index (χ0) is 19.9. The van der Waals surface area contributed by atoms with E-state index in [2.05, 4.69) is 26.1 Å². The van der Waals surface area contributed by atoms with Gasteiger partial charge in [-0.25, -0.2) is 0 Å². The van der Waals surface area contributed by atoms with Gasteiger partial charge in [-0.2, -0.15) is 11.8 Å². The molecule has 27 heavy (non-hydrogen) atoms. The van der Waals surface area contributed by atoms with Crippen LogP contribution in [0.2, 0.25) is 10.0 Å². The number of para-hydroxylation sites is 1. The van der Waals surface area contributed by atoms with Crippen LogP contribution in [0.15, 0.2) is 42.5 Å². The van der Waals surface area contributed by atoms with Crippen LogP contribution in [-0.4, -0.2) is 24.8 Å². The third kappa shape index (κ3) is 7.28. The Bertz CT molecular complexity index is 775. The fourth-order valence-corrected chi connectivity index (χ4v) is 3.62. The van der Waals surface area contributed by atoms with E-state index in [-0.39, 0.29) is 17.9 Å². The van der Waals surface area contributed by atoms with Gasteiger partial charge in [-0.1, -0.05) is 68.2 Å². The summed E-state index contributed by atoms with van der Waals surface area (Å²) < 4.78 is 5.73. The number of amides is 1. The second kappa shape index (κ2) is 10.3. The van der Waals surface area contributed by atoms with Gasteiger partial charge in [0.2, 0.25) is 0 Å². The number of carbonyl (C=O) groups is 1. The summed E-state index contributed by atoms with van der Waals surface area (Å²) >= 11 is 13.6. The summed E-state index contributed by atoms with van der Waals surface area (Å²) in [6.45, 7) is 6.99. The van der Waals surface area contributed by atoms with Crippen LogP contribution in [0.5, 0.6) is 5.75 Å². The van der Waals surface area contributed by atoms with Gasteiger partial charge in [-0.05, 0) is 34.7 Å². The van der Waals surface area contributed by atoms with Crippen molar-refractivity contribution in [1.82, 2.24) is 5.32 Å². The topological polar surface area (TPSA) is 38.3 Å². The molecule has 2 aromatic rings. The van der Waals surface area contributed by atoms with Crippen molar-refractivity contribution in [2.24, 2.45) is 0 Å². The quantitative estimate of drug-likeness (QED) is 0.549. The molecule has 0 aliphatic heterocycles. The monoisotopic (exact) mass is 425 g/mol. The molecule has 0 saturated carbocycles. The molecule has 0 heterocycles. The number of carbonyl (C=O) groups excluding carboxylic acids is 1. The van der Waals surface area contributed by atoms with Crippen molar-refractivity contribution < 1.29 is 9.53 Å². The van der Waals surface area contributed by atoms with Crippen LogP contribution in [0.4, 0.5) is 0 Å². The molecular weight excluding hydrogens is 401 g/mol. The van der Waals surface area contributed by atoms with Gasteiger partial charge in [-0.3, -0.25) is 4.79 Å². The van der Waals surface area contributed by atoms with Gasteiger partial charge in [-0.15, -0.1) is 0 Å². The zero-order valence-electron chi connectivity index (χ0n) is 15.9. The smallest absolute Gasteiger partial charge is 0.257 e. The van der Waals surface area contributed by atoms with Crippen LogP contribution in [0, 0.1) is 0 Å². The molecule has 0 radical (unpaired) electrons. The van der Waals surface area contributed by atoms with E-state index in [1.807, 2.05) is 36.4 Å². The van der Waals surface area contributed by atoms with E-state index in [0.717, 1.165) is 28.4 Å². The summed E-state index contributed by atoms with van der Waals surface area (Å²) in [6, 6.07) is 13.5. The molecule has 6 heteroatoms. The van der Waals surface area contributed by atoms with Crippen LogP contribution >= 0.6 is 35.0 Å². The van der Waals surface area contributed by atoms with Crippen molar-refractivity contribution in [2.45, 2.75) is 31.9 Å². The summed E-state index contributed by atoms with van der Waals surface area (Å²) in [6.07, 6.45) is 0. The number of nitrogens with one attached hydrogen (secondary N) is 1. The standard InChI is InChI=1S/C21H25Cl2NO2S/c1-21(2,3)16-6-4-5-7-19(16)26-13-20(25)24-10-11-27-14-15-8-9-17(22)18(23)12-15/h4-9,12H,10-11,13-14H2,1-3H3,(H,24,25). The van der Waals surface area contributed by atoms with Gasteiger partial charge in [0.05, 0.1) is 10.0 Å². The molecule has 3 nitrogen and oxygen atoms in total. The van der Waals surface area contributed by atoms with Gasteiger partial charge in [0.15, 0.2) is 6.61 Å². The maximum atomic E-state index is 12.0. The van der Waals surface area contributed by atoms with Crippen LogP contribution in [0.3, 0.4) is 0 Å². The van der Waals surface area contributed by atoms with Crippen molar-refractivity contribution in [2.75, 3.05) is 18.9 Å². The Balaban J connectivity index is 1.69. The Hall–Kier alpha value is -1.36. The fourth-order valence-electron chi connectivity index (χ4n) is 2.49. The van der Waals surface area contributed by atoms with E-state index in [0.29, 0.717) is 16.6 Å². The second-order valence-electron chi connectivity index (χ2n) is 7.19. The Morgan fingerprint density at radius 2 is 1.85 bits per heavy atom. The SMILES string of the molecule is CC(C)(C)c1ccccc1OCC(=O)NCCSCc1ccc(Cl)c(Cl)c1. The highest BCUT2D eigenvalue weighted by Crippen LogP contribution is 2.30. The lowest BCUT2D eigenvalue weighted by atomic mass is 9.86. The summed E-state index contributed by atoms with van der Waals surface area (Å²) in [5, 5.41) is 4.01. The molecule has 0 aliphatic rings. The van der Waals surface area contributed by atoms with Gasteiger partial charge in [0.25, 0.3) is 5.91 Å². The van der Waals surface area contributed by atoms with Crippen LogP contribution in [0.1, 0.15) is 31.9 Å². The Morgan fingerprint density at radius 1 is 1.11 bits per heavy atom. The normalized spacial score (nSPS) is 11.3. The molecule has 0 aromatic heterocycles. The average Bonchev–Trinajstić information content (AvgIpc) is 2.62. The summed E-state index contributed by atoms with van der Waals surface area (Å²) in [5.74, 6) is 2.27. The number of hydrogen-bond donors (Lipinski definition) is 1. The van der Waals surface area contributed by atoms with Gasteiger partial charge < -0.3 is 10.1 Å². The molecular formula is C21H25Cl2NO2S. The van der Waals surface area contributed by atoms with Crippen LogP contribution in [0.25, 0.3) is 0 Å². The molecule has 1 amide bonds. The highest BCUT2D eigenvalue weighted by molar-refractivity contribution is 7.98. The fraction of sp³-hybridized carbons (Fsp3) is 0.381. The molecule has 0 saturated heterocycles. The van der Waals surface area contributed by atoms with E-state index >= 15 is 0 Å². The van der Waals surface area contributed by atoms with Crippen molar-refractivity contribution in [3.8, 4) is 5.75 Å². The number of benzene rings is 2. The third-order valence-electron chi connectivity index (χ3n) is 3.88. The molecule has 146 valence electrons. The van der Waals surface area contributed by atoms with Crippen molar-refractivity contribution in [1.29, 1.82) is 0 Å². The summed E-state index contributed by atoms with van der Waals surface area (Å²) in [5.41, 5.74) is 2.17. The van der Waals surface area contributed by atoms with Gasteiger partial charge in [0, 0.05) is 18.1 Å². The first-order valence-corrected chi connectivity index (χ1v) is 10.7. The number of thioether (sulfide) groups is 1. The Morgan fingerprint density at radius 3 is 2.56 bits per heavy atom. The lowest BCUT2D eigenvalue weighted by Crippen LogP contribution is -2.31. The molecule has 0 atom stereocenters. The van der Waals surface area contributed by atoms with E-state index in [1.165, 1.54) is 0 Å². The molecule has 0 aliphatic carbocycles. The van der Waals surface area contributed by atoms with E-state index in [9.17, 15) is 4.79 Å². The van der Waals surface area contributed by atoms with Crippen LogP contribution < -0.4 is 10.1 Å². The number of ether oxygens (including phenoxy) is 1. The lowest BCUT2D eigenvalue weighted by Gasteiger charge is -2.22. The molecule has 0 fully saturated rings. The van der Waals surface area contributed by atoms with Crippen molar-refractivity contribution in [3.05, 3.63) is 63.6 Å². The average molecular weight is 426 g/mol. The number of halogens is 2. The Kier molecular flexibility index (Phi) is 8.33. The van der Waals surface area contributed by atoms with Crippen LogP contribution in [-0.2, 0) is 16.0 Å². The minimum absolute atomic E-state index is 0.0184. The van der Waals surface area contributed by atoms with E-state index in [1.54, 1.807) is 17.8 Å². The van der Waals surface area contributed by atoms with E-state index < -0.39 is 0 Å². The molecule has 0 bridgehead atoms. The minimum Gasteiger partial charge on any atom is -0.483 e. The number of rotatable bonds is 8. The Labute approximate surface area is 175 Å². The first-order valence-electron chi connectivity index (χ1n) is 8.78. The molecule has 2 rings (SSSR count). The third-order valence-corrected chi connectivity index (χ3v) is 5.64. The number of hydrogen-bond acceptors (Lipinski definition) is 3. The first kappa shape index (κ1) is 21.9. The molecule has 1 N–H and O–H groups in total. The second-order valence-corrected chi connectivity index (χ2v) is 9.11. The molecule has 0 unspecified atom stereocenters. The summed E-state index contributed by atoms with van der Waals surface area (Å²) in [4.78, 5) is 12.0. The maximum Gasteiger partial charge on any atom is 0.257 e. The van der Waals surface area contributed by atoms with Gasteiger partial charge >= 0.3 is 0 Å². The first-order chi connectivity index (χ1) is 12.8.